The molecule has 0 aromatic heterocycles. The second-order valence-corrected chi connectivity index (χ2v) is 2.30. The molecule has 0 aromatic carbocycles. The molecule has 0 saturated heterocycles. The average Bonchev–Trinajstić information content (AvgIpc) is 2.02. The molecule has 0 saturated carbocycles. The van der Waals surface area contributed by atoms with Crippen LogP contribution in [-0.2, 0) is 14.3 Å². The van der Waals surface area contributed by atoms with E-state index in [1.807, 2.05) is 6.92 Å². The Hall–Kier alpha value is -1.12. The lowest BCUT2D eigenvalue weighted by atomic mass is 10.2. The van der Waals surface area contributed by atoms with Gasteiger partial charge in [-0.2, -0.15) is 0 Å². The van der Waals surface area contributed by atoms with Crippen LogP contribution in [0.25, 0.3) is 0 Å². The van der Waals surface area contributed by atoms with E-state index in [9.17, 15) is 9.59 Å². The minimum atomic E-state index is -0.457. The zero-order valence-electron chi connectivity index (χ0n) is 7.50. The Morgan fingerprint density at radius 3 is 2.42 bits per heavy atom. The summed E-state index contributed by atoms with van der Waals surface area (Å²) in [5.41, 5.74) is 0. The maximum Gasteiger partial charge on any atom is 0.330 e. The first-order valence-electron chi connectivity index (χ1n) is 4.08. The van der Waals surface area contributed by atoms with Gasteiger partial charge in [-0.1, -0.05) is 6.92 Å². The van der Waals surface area contributed by atoms with Gasteiger partial charge in [-0.25, -0.2) is 4.79 Å². The third kappa shape index (κ3) is 5.65. The maximum atomic E-state index is 10.9. The lowest BCUT2D eigenvalue weighted by Gasteiger charge is -1.93. The molecule has 3 nitrogen and oxygen atoms in total. The highest BCUT2D eigenvalue weighted by Crippen LogP contribution is 1.91. The third-order valence-electron chi connectivity index (χ3n) is 1.19. The highest BCUT2D eigenvalue weighted by Gasteiger charge is 1.96. The lowest BCUT2D eigenvalue weighted by molar-refractivity contribution is -0.137. The van der Waals surface area contributed by atoms with Crippen LogP contribution in [-0.4, -0.2) is 18.4 Å². The number of carbonyl (C=O) groups is 2. The van der Waals surface area contributed by atoms with Crippen molar-refractivity contribution in [2.45, 2.75) is 26.7 Å². The number of hydrogen-bond donors (Lipinski definition) is 0. The van der Waals surface area contributed by atoms with Crippen molar-refractivity contribution in [3.05, 3.63) is 12.2 Å². The topological polar surface area (TPSA) is 43.4 Å². The summed E-state index contributed by atoms with van der Waals surface area (Å²) in [6.45, 7) is 3.97. The van der Waals surface area contributed by atoms with Crippen LogP contribution in [0.4, 0.5) is 0 Å². The fraction of sp³-hybridized carbons (Fsp3) is 0.556. The summed E-state index contributed by atoms with van der Waals surface area (Å²) in [6.07, 6.45) is 3.71. The first-order chi connectivity index (χ1) is 5.70. The van der Waals surface area contributed by atoms with Gasteiger partial charge in [0.1, 0.15) is 0 Å². The van der Waals surface area contributed by atoms with E-state index in [-0.39, 0.29) is 5.78 Å². The monoisotopic (exact) mass is 170 g/mol. The van der Waals surface area contributed by atoms with Crippen LogP contribution >= 0.6 is 0 Å². The zero-order chi connectivity index (χ0) is 9.40. The number of rotatable bonds is 5. The van der Waals surface area contributed by atoms with Crippen molar-refractivity contribution in [3.63, 3.8) is 0 Å². The molecule has 0 aliphatic rings. The molecule has 0 rings (SSSR count). The normalized spacial score (nSPS) is 10.2. The van der Waals surface area contributed by atoms with Crippen molar-refractivity contribution in [2.24, 2.45) is 0 Å². The van der Waals surface area contributed by atoms with Gasteiger partial charge in [-0.3, -0.25) is 4.79 Å². The Morgan fingerprint density at radius 2 is 1.92 bits per heavy atom. The van der Waals surface area contributed by atoms with Crippen molar-refractivity contribution < 1.29 is 14.3 Å². The number of carbonyl (C=O) groups excluding carboxylic acids is 2. The summed E-state index contributed by atoms with van der Waals surface area (Å²) in [5, 5.41) is 0. The largest absolute Gasteiger partial charge is 0.463 e. The molecule has 0 heterocycles. The molecule has 68 valence electrons. The molecule has 0 N–H and O–H groups in total. The minimum absolute atomic E-state index is 0.0365. The minimum Gasteiger partial charge on any atom is -0.463 e. The molecule has 0 aliphatic carbocycles. The van der Waals surface area contributed by atoms with E-state index >= 15 is 0 Å². The first kappa shape index (κ1) is 10.9. The third-order valence-corrected chi connectivity index (χ3v) is 1.19. The van der Waals surface area contributed by atoms with Gasteiger partial charge in [0.05, 0.1) is 6.61 Å². The number of ether oxygens (including phenoxy) is 1. The van der Waals surface area contributed by atoms with E-state index in [1.165, 1.54) is 12.2 Å². The predicted octanol–water partition coefficient (Wildman–Crippen LogP) is 1.47. The lowest BCUT2D eigenvalue weighted by Crippen LogP contribution is -2.00. The summed E-state index contributed by atoms with van der Waals surface area (Å²) >= 11 is 0. The Balaban J connectivity index is 3.73. The first-order valence-corrected chi connectivity index (χ1v) is 4.08. The average molecular weight is 170 g/mol. The van der Waals surface area contributed by atoms with Crippen molar-refractivity contribution in [1.29, 1.82) is 0 Å². The summed E-state index contributed by atoms with van der Waals surface area (Å²) < 4.78 is 4.59. The van der Waals surface area contributed by atoms with Gasteiger partial charge in [0.2, 0.25) is 0 Å². The molecule has 0 spiro atoms. The van der Waals surface area contributed by atoms with E-state index in [4.69, 9.17) is 0 Å². The molecule has 0 bridgehead atoms. The van der Waals surface area contributed by atoms with Gasteiger partial charge in [0, 0.05) is 12.5 Å². The van der Waals surface area contributed by atoms with E-state index in [1.54, 1.807) is 6.92 Å². The molecule has 0 radical (unpaired) electrons. The van der Waals surface area contributed by atoms with E-state index in [0.717, 1.165) is 6.42 Å². The van der Waals surface area contributed by atoms with Crippen LogP contribution in [0, 0.1) is 0 Å². The maximum absolute atomic E-state index is 10.9. The predicted molar refractivity (Wildman–Crippen MR) is 45.7 cm³/mol. The van der Waals surface area contributed by atoms with Crippen molar-refractivity contribution in [1.82, 2.24) is 0 Å². The number of esters is 1. The molecule has 0 aromatic rings. The molecule has 0 unspecified atom stereocenters. The molecule has 0 amide bonds. The van der Waals surface area contributed by atoms with Gasteiger partial charge < -0.3 is 4.74 Å². The summed E-state index contributed by atoms with van der Waals surface area (Å²) in [5.74, 6) is -0.493. The second-order valence-electron chi connectivity index (χ2n) is 2.30. The molecule has 0 fully saturated rings. The fourth-order valence-corrected chi connectivity index (χ4v) is 0.681. The highest BCUT2D eigenvalue weighted by atomic mass is 16.5. The van der Waals surface area contributed by atoms with Gasteiger partial charge in [-0.05, 0) is 19.4 Å². The molecule has 0 aliphatic heterocycles. The fourth-order valence-electron chi connectivity index (χ4n) is 0.681. The van der Waals surface area contributed by atoms with Crippen molar-refractivity contribution in [2.75, 3.05) is 6.61 Å². The second kappa shape index (κ2) is 6.58. The molecular formula is C9H14O3. The Bertz CT molecular complexity index is 162. The molecule has 12 heavy (non-hydrogen) atoms. The van der Waals surface area contributed by atoms with Crippen molar-refractivity contribution in [3.8, 4) is 0 Å². The van der Waals surface area contributed by atoms with Crippen LogP contribution in [0.2, 0.25) is 0 Å². The number of ketones is 1. The summed E-state index contributed by atoms with van der Waals surface area (Å²) in [7, 11) is 0. The van der Waals surface area contributed by atoms with Crippen LogP contribution in [0.15, 0.2) is 12.2 Å². The van der Waals surface area contributed by atoms with Gasteiger partial charge in [0.15, 0.2) is 5.78 Å². The number of allylic oxidation sites excluding steroid dienone is 1. The standard InChI is InChI=1S/C9H14O3/c1-3-5-8(10)6-7-9(11)12-4-2/h6-7H,3-5H2,1-2H3. The molecule has 0 atom stereocenters. The SMILES string of the molecule is CCCC(=O)C=CC(=O)OCC. The van der Waals surface area contributed by atoms with Gasteiger partial charge >= 0.3 is 5.97 Å². The Labute approximate surface area is 72.4 Å². The summed E-state index contributed by atoms with van der Waals surface area (Å²) in [6, 6.07) is 0. The smallest absolute Gasteiger partial charge is 0.330 e. The number of hydrogen-bond acceptors (Lipinski definition) is 3. The van der Waals surface area contributed by atoms with Gasteiger partial charge in [-0.15, -0.1) is 0 Å². The Kier molecular flexibility index (Phi) is 5.97. The summed E-state index contributed by atoms with van der Waals surface area (Å²) in [4.78, 5) is 21.5. The molecular weight excluding hydrogens is 156 g/mol. The quantitative estimate of drug-likeness (QED) is 0.463. The van der Waals surface area contributed by atoms with E-state index in [0.29, 0.717) is 13.0 Å². The van der Waals surface area contributed by atoms with Crippen LogP contribution in [0.3, 0.4) is 0 Å². The van der Waals surface area contributed by atoms with E-state index < -0.39 is 5.97 Å². The van der Waals surface area contributed by atoms with E-state index in [2.05, 4.69) is 4.74 Å². The van der Waals surface area contributed by atoms with Crippen molar-refractivity contribution >= 4 is 11.8 Å². The molecule has 3 heteroatoms. The van der Waals surface area contributed by atoms with Crippen LogP contribution < -0.4 is 0 Å². The zero-order valence-corrected chi connectivity index (χ0v) is 7.50. The van der Waals surface area contributed by atoms with Crippen LogP contribution in [0.5, 0.6) is 0 Å². The van der Waals surface area contributed by atoms with Crippen LogP contribution in [0.1, 0.15) is 26.7 Å². The van der Waals surface area contributed by atoms with Gasteiger partial charge in [0.25, 0.3) is 0 Å². The highest BCUT2D eigenvalue weighted by molar-refractivity contribution is 5.95. The Morgan fingerprint density at radius 1 is 1.25 bits per heavy atom.